The van der Waals surface area contributed by atoms with E-state index < -0.39 is 22.5 Å². The Hall–Kier alpha value is -2.58. The first kappa shape index (κ1) is 20.7. The van der Waals surface area contributed by atoms with E-state index in [1.54, 1.807) is 32.0 Å². The van der Waals surface area contributed by atoms with Crippen molar-refractivity contribution in [2.24, 2.45) is 5.10 Å². The van der Waals surface area contributed by atoms with E-state index in [2.05, 4.69) is 10.5 Å². The van der Waals surface area contributed by atoms with Crippen molar-refractivity contribution in [1.29, 1.82) is 0 Å². The van der Waals surface area contributed by atoms with Crippen molar-refractivity contribution in [2.45, 2.75) is 18.7 Å². The van der Waals surface area contributed by atoms with Crippen molar-refractivity contribution in [3.8, 4) is 5.75 Å². The van der Waals surface area contributed by atoms with Crippen molar-refractivity contribution >= 4 is 38.9 Å². The highest BCUT2D eigenvalue weighted by Gasteiger charge is 2.27. The minimum atomic E-state index is -4.00. The van der Waals surface area contributed by atoms with Crippen LogP contribution in [0.4, 0.5) is 5.69 Å². The van der Waals surface area contributed by atoms with Crippen LogP contribution >= 0.6 is 11.6 Å². The number of methoxy groups -OCH3 is 1. The summed E-state index contributed by atoms with van der Waals surface area (Å²) < 4.78 is 32.3. The molecule has 0 aliphatic carbocycles. The van der Waals surface area contributed by atoms with Crippen molar-refractivity contribution in [3.05, 3.63) is 53.6 Å². The number of rotatable bonds is 7. The number of amides is 1. The molecule has 0 saturated carbocycles. The molecule has 2 aromatic carbocycles. The summed E-state index contributed by atoms with van der Waals surface area (Å²) in [4.78, 5) is 12.3. The van der Waals surface area contributed by atoms with Crippen molar-refractivity contribution < 1.29 is 17.9 Å². The first-order chi connectivity index (χ1) is 12.8. The summed E-state index contributed by atoms with van der Waals surface area (Å²) in [5.41, 5.74) is 3.19. The Bertz CT molecular complexity index is 942. The lowest BCUT2D eigenvalue weighted by Gasteiger charge is -2.24. The van der Waals surface area contributed by atoms with Gasteiger partial charge < -0.3 is 4.74 Å². The van der Waals surface area contributed by atoms with Gasteiger partial charge in [-0.3, -0.25) is 9.10 Å². The topological polar surface area (TPSA) is 88.1 Å². The summed E-state index contributed by atoms with van der Waals surface area (Å²) in [6, 6.07) is 12.3. The average Bonchev–Trinajstić information content (AvgIpc) is 2.65. The van der Waals surface area contributed by atoms with Gasteiger partial charge in [0.15, 0.2) is 0 Å². The Balaban J connectivity index is 2.47. The summed E-state index contributed by atoms with van der Waals surface area (Å²) in [5.74, 6) is -0.184. The van der Waals surface area contributed by atoms with Gasteiger partial charge in [0.2, 0.25) is 0 Å². The van der Waals surface area contributed by atoms with E-state index in [0.717, 1.165) is 4.31 Å². The summed E-state index contributed by atoms with van der Waals surface area (Å²) >= 11 is 6.14. The zero-order valence-corrected chi connectivity index (χ0v) is 16.7. The van der Waals surface area contributed by atoms with Crippen LogP contribution in [-0.2, 0) is 14.8 Å². The Morgan fingerprint density at radius 1 is 1.19 bits per heavy atom. The summed E-state index contributed by atoms with van der Waals surface area (Å²) in [6.45, 7) is 2.96. The van der Waals surface area contributed by atoms with Crippen LogP contribution in [0.5, 0.6) is 5.75 Å². The number of benzene rings is 2. The predicted molar refractivity (Wildman–Crippen MR) is 106 cm³/mol. The largest absolute Gasteiger partial charge is 0.495 e. The Labute approximate surface area is 163 Å². The highest BCUT2D eigenvalue weighted by molar-refractivity contribution is 7.92. The molecule has 9 heteroatoms. The number of ether oxygens (including phenoxy) is 1. The molecule has 2 rings (SSSR count). The van der Waals surface area contributed by atoms with Crippen LogP contribution < -0.4 is 14.5 Å². The second-order valence-electron chi connectivity index (χ2n) is 5.74. The molecule has 0 fully saturated rings. The van der Waals surface area contributed by atoms with Gasteiger partial charge in [0.25, 0.3) is 15.9 Å². The lowest BCUT2D eigenvalue weighted by atomic mass is 10.3. The van der Waals surface area contributed by atoms with Crippen molar-refractivity contribution in [2.75, 3.05) is 18.0 Å². The van der Waals surface area contributed by atoms with Gasteiger partial charge in [-0.05, 0) is 44.2 Å². The predicted octanol–water partition coefficient (Wildman–Crippen LogP) is 3.06. The number of hydrogen-bond acceptors (Lipinski definition) is 5. The maximum atomic E-state index is 13.1. The number of halogens is 1. The Morgan fingerprint density at radius 3 is 2.41 bits per heavy atom. The monoisotopic (exact) mass is 409 g/mol. The third-order valence-electron chi connectivity index (χ3n) is 3.45. The zero-order valence-electron chi connectivity index (χ0n) is 15.1. The molecular weight excluding hydrogens is 390 g/mol. The maximum Gasteiger partial charge on any atom is 0.264 e. The van der Waals surface area contributed by atoms with Gasteiger partial charge in [0.05, 0.1) is 22.7 Å². The van der Waals surface area contributed by atoms with Gasteiger partial charge in [-0.15, -0.1) is 0 Å². The number of anilines is 1. The van der Waals surface area contributed by atoms with E-state index in [0.29, 0.717) is 11.5 Å². The summed E-state index contributed by atoms with van der Waals surface area (Å²) in [6.07, 6.45) is 0. The molecule has 27 heavy (non-hydrogen) atoms. The van der Waals surface area contributed by atoms with E-state index in [4.69, 9.17) is 16.3 Å². The number of nitrogens with one attached hydrogen (secondary N) is 1. The molecule has 0 heterocycles. The van der Waals surface area contributed by atoms with E-state index in [9.17, 15) is 13.2 Å². The van der Waals surface area contributed by atoms with E-state index in [-0.39, 0.29) is 15.6 Å². The van der Waals surface area contributed by atoms with E-state index in [1.807, 2.05) is 0 Å². The highest BCUT2D eigenvalue weighted by Crippen LogP contribution is 2.31. The van der Waals surface area contributed by atoms with Crippen molar-refractivity contribution in [3.63, 3.8) is 0 Å². The first-order valence-corrected chi connectivity index (χ1v) is 9.78. The molecule has 0 aliphatic rings. The summed E-state index contributed by atoms with van der Waals surface area (Å²) in [5, 5.41) is 4.05. The van der Waals surface area contributed by atoms with Crippen LogP contribution in [0.15, 0.2) is 58.5 Å². The van der Waals surface area contributed by atoms with E-state index >= 15 is 0 Å². The second-order valence-corrected chi connectivity index (χ2v) is 8.01. The Kier molecular flexibility index (Phi) is 6.81. The molecule has 0 atom stereocenters. The molecule has 0 spiro atoms. The fourth-order valence-corrected chi connectivity index (χ4v) is 3.87. The maximum absolute atomic E-state index is 13.1. The average molecular weight is 410 g/mol. The minimum absolute atomic E-state index is 0.0555. The molecule has 0 bridgehead atoms. The third-order valence-corrected chi connectivity index (χ3v) is 5.53. The normalized spacial score (nSPS) is 10.8. The van der Waals surface area contributed by atoms with Gasteiger partial charge in [0, 0.05) is 5.71 Å². The molecule has 7 nitrogen and oxygen atoms in total. The van der Waals surface area contributed by atoms with Crippen LogP contribution in [0.1, 0.15) is 13.8 Å². The summed E-state index contributed by atoms with van der Waals surface area (Å²) in [7, 11) is -2.54. The van der Waals surface area contributed by atoms with Crippen LogP contribution in [0, 0.1) is 0 Å². The molecular formula is C18H20ClN3O4S. The second kappa shape index (κ2) is 8.88. The molecule has 0 unspecified atom stereocenters. The van der Waals surface area contributed by atoms with Gasteiger partial charge in [0.1, 0.15) is 12.3 Å². The number of nitrogens with zero attached hydrogens (tertiary/aromatic N) is 2. The molecule has 1 N–H and O–H groups in total. The van der Waals surface area contributed by atoms with Crippen LogP contribution in [0.3, 0.4) is 0 Å². The smallest absolute Gasteiger partial charge is 0.264 e. The van der Waals surface area contributed by atoms with Crippen LogP contribution in [0.2, 0.25) is 5.02 Å². The molecule has 2 aromatic rings. The number of carbonyl (C=O) groups excluding carboxylic acids is 1. The van der Waals surface area contributed by atoms with Gasteiger partial charge in [-0.2, -0.15) is 5.10 Å². The van der Waals surface area contributed by atoms with Crippen LogP contribution in [0.25, 0.3) is 0 Å². The lowest BCUT2D eigenvalue weighted by molar-refractivity contribution is -0.119. The lowest BCUT2D eigenvalue weighted by Crippen LogP contribution is -2.39. The van der Waals surface area contributed by atoms with Gasteiger partial charge >= 0.3 is 0 Å². The number of sulfonamides is 1. The highest BCUT2D eigenvalue weighted by atomic mass is 35.5. The van der Waals surface area contributed by atoms with Crippen LogP contribution in [-0.4, -0.2) is 33.7 Å². The van der Waals surface area contributed by atoms with Crippen molar-refractivity contribution in [1.82, 2.24) is 5.43 Å². The molecule has 0 saturated heterocycles. The van der Waals surface area contributed by atoms with Gasteiger partial charge in [-0.1, -0.05) is 29.8 Å². The fourth-order valence-electron chi connectivity index (χ4n) is 2.19. The molecule has 0 aromatic heterocycles. The van der Waals surface area contributed by atoms with E-state index in [1.165, 1.54) is 37.4 Å². The zero-order chi connectivity index (χ0) is 20.0. The number of carbonyl (C=O) groups is 1. The quantitative estimate of drug-likeness (QED) is 0.562. The molecule has 144 valence electrons. The first-order valence-electron chi connectivity index (χ1n) is 7.96. The molecule has 1 amide bonds. The van der Waals surface area contributed by atoms with Gasteiger partial charge in [-0.25, -0.2) is 13.8 Å². The Morgan fingerprint density at radius 2 is 1.85 bits per heavy atom. The molecule has 0 aliphatic heterocycles. The molecule has 0 radical (unpaired) electrons. The SMILES string of the molecule is COc1ccc(N(CC(=O)NN=C(C)C)S(=O)(=O)c2ccccc2)cc1Cl. The fraction of sp³-hybridized carbons (Fsp3) is 0.222. The third kappa shape index (κ3) is 5.21. The number of hydrogen-bond donors (Lipinski definition) is 1. The minimum Gasteiger partial charge on any atom is -0.495 e. The standard InChI is InChI=1S/C18H20ClN3O4S/c1-13(2)20-21-18(23)12-22(14-9-10-17(26-3)16(19)11-14)27(24,25)15-7-5-4-6-8-15/h4-11H,12H2,1-3H3,(H,21,23). The number of hydrazone groups is 1.